The number of aliphatic hydroxyl groups excluding tert-OH is 2. The van der Waals surface area contributed by atoms with Crippen LogP contribution < -0.4 is 10.2 Å². The summed E-state index contributed by atoms with van der Waals surface area (Å²) in [7, 11) is -4.39. The van der Waals surface area contributed by atoms with E-state index in [0.717, 1.165) is 18.3 Å². The van der Waals surface area contributed by atoms with Gasteiger partial charge in [-0.3, -0.25) is 23.4 Å². The summed E-state index contributed by atoms with van der Waals surface area (Å²) < 4.78 is 61.7. The lowest BCUT2D eigenvalue weighted by molar-refractivity contribution is -0.205. The first-order valence-corrected chi connectivity index (χ1v) is 10.8. The second kappa shape index (κ2) is 8.23. The Morgan fingerprint density at radius 2 is 2.19 bits per heavy atom. The number of phosphoric ester groups is 1. The van der Waals surface area contributed by atoms with Crippen LogP contribution >= 0.6 is 20.0 Å². The zero-order chi connectivity index (χ0) is 23.3. The van der Waals surface area contributed by atoms with Crippen molar-refractivity contribution in [1.29, 1.82) is 0 Å². The minimum Gasteiger partial charge on any atom is -0.404 e. The first kappa shape index (κ1) is 22.9. The van der Waals surface area contributed by atoms with Crippen LogP contribution in [0.5, 0.6) is 5.75 Å². The second-order valence-electron chi connectivity index (χ2n) is 6.94. The van der Waals surface area contributed by atoms with Crippen molar-refractivity contribution in [3.63, 3.8) is 0 Å². The van der Waals surface area contributed by atoms with E-state index < -0.39 is 50.2 Å². The summed E-state index contributed by atoms with van der Waals surface area (Å²) in [5.74, 6) is -3.73. The van der Waals surface area contributed by atoms with Crippen molar-refractivity contribution in [1.82, 2.24) is 9.55 Å². The van der Waals surface area contributed by atoms with E-state index in [0.29, 0.717) is 10.9 Å². The Morgan fingerprint density at radius 1 is 1.44 bits per heavy atom. The smallest absolute Gasteiger partial charge is 0.404 e. The van der Waals surface area contributed by atoms with Crippen LogP contribution in [0.15, 0.2) is 29.2 Å². The van der Waals surface area contributed by atoms with Gasteiger partial charge in [-0.25, -0.2) is 18.1 Å². The van der Waals surface area contributed by atoms with Crippen LogP contribution in [0, 0.1) is 10.5 Å². The molecule has 0 aliphatic carbocycles. The number of rotatable bonds is 5. The molecule has 172 valence electrons. The molecular weight excluding hydrogens is 477 g/mol. The van der Waals surface area contributed by atoms with E-state index in [1.807, 2.05) is 0 Å². The third kappa shape index (κ3) is 4.06. The molecule has 1 aromatic carbocycles. The van der Waals surface area contributed by atoms with Crippen molar-refractivity contribution >= 4 is 26.3 Å². The minimum atomic E-state index is -4.39. The molecule has 1 unspecified atom stereocenters. The lowest BCUT2D eigenvalue weighted by Crippen LogP contribution is -2.43. The van der Waals surface area contributed by atoms with Crippen molar-refractivity contribution < 1.29 is 46.7 Å². The molecule has 2 aromatic rings. The molecule has 0 radical (unpaired) electrons. The lowest BCUT2D eigenvalue weighted by atomic mass is 10.1. The predicted molar refractivity (Wildman–Crippen MR) is 103 cm³/mol. The van der Waals surface area contributed by atoms with Crippen LogP contribution in [-0.4, -0.2) is 50.7 Å². The number of nitrogens with one attached hydrogen (secondary N) is 1. The number of carbonyl (C=O) groups is 1. The number of aldehydes is 1. The largest absolute Gasteiger partial charge is 0.530 e. The van der Waals surface area contributed by atoms with E-state index in [4.69, 9.17) is 30.5 Å². The Bertz CT molecular complexity index is 1240. The van der Waals surface area contributed by atoms with E-state index in [-0.39, 0.29) is 28.1 Å². The van der Waals surface area contributed by atoms with Gasteiger partial charge in [0.2, 0.25) is 0 Å². The minimum absolute atomic E-state index is 0.00724. The Kier molecular flexibility index (Phi) is 5.88. The monoisotopic (exact) mass is 492 g/mol. The summed E-state index contributed by atoms with van der Waals surface area (Å²) in [4.78, 5) is 25.4. The molecule has 5 atom stereocenters. The first-order chi connectivity index (χ1) is 15.0. The van der Waals surface area contributed by atoms with Crippen LogP contribution in [0.3, 0.4) is 0 Å². The number of carbonyl (C=O) groups excluding carboxylic acids is 1. The number of hydrogen-bond donors (Lipinski definition) is 3. The molecule has 0 amide bonds. The SMILES string of the molecule is O=Cc1cn([C@@H]2O[C@](F)(COP3(=O)OCc4cc(F)ccc4O3)[C@@H](O)[C@H]2O)c(=O)[nH]c1=S. The van der Waals surface area contributed by atoms with Gasteiger partial charge in [-0.2, -0.15) is 0 Å². The number of fused-ring (bicyclic) bond motifs is 1. The molecule has 4 rings (SSSR count). The zero-order valence-corrected chi connectivity index (χ0v) is 17.6. The van der Waals surface area contributed by atoms with Crippen molar-refractivity contribution in [2.45, 2.75) is 30.9 Å². The van der Waals surface area contributed by atoms with Gasteiger partial charge in [-0.1, -0.05) is 12.2 Å². The summed E-state index contributed by atoms with van der Waals surface area (Å²) in [5, 5.41) is 20.4. The summed E-state index contributed by atoms with van der Waals surface area (Å²) in [6.45, 7) is -1.58. The molecule has 2 aliphatic rings. The van der Waals surface area contributed by atoms with Crippen LogP contribution in [-0.2, 0) is 25.0 Å². The third-order valence-corrected chi connectivity index (χ3v) is 6.45. The average Bonchev–Trinajstić information content (AvgIpc) is 2.97. The quantitative estimate of drug-likeness (QED) is 0.319. The fraction of sp³-hybridized carbons (Fsp3) is 0.353. The van der Waals surface area contributed by atoms with Crippen LogP contribution in [0.2, 0.25) is 0 Å². The molecule has 11 nitrogen and oxygen atoms in total. The molecular formula is C17H15F2N2O9PS. The molecule has 32 heavy (non-hydrogen) atoms. The average molecular weight is 492 g/mol. The molecule has 1 saturated heterocycles. The van der Waals surface area contributed by atoms with Gasteiger partial charge in [0.1, 0.15) is 35.0 Å². The molecule has 0 bridgehead atoms. The number of aliphatic hydroxyl groups is 2. The van der Waals surface area contributed by atoms with E-state index >= 15 is 4.39 Å². The molecule has 0 saturated carbocycles. The summed E-state index contributed by atoms with van der Waals surface area (Å²) in [6.07, 6.45) is -4.77. The van der Waals surface area contributed by atoms with Crippen molar-refractivity contribution in [2.75, 3.05) is 6.61 Å². The van der Waals surface area contributed by atoms with Gasteiger partial charge >= 0.3 is 13.5 Å². The number of nitrogens with zero attached hydrogens (tertiary/aromatic N) is 1. The highest BCUT2D eigenvalue weighted by Gasteiger charge is 2.57. The number of H-pyrrole nitrogens is 1. The summed E-state index contributed by atoms with van der Waals surface area (Å²) in [6, 6.07) is 3.33. The highest BCUT2D eigenvalue weighted by Crippen LogP contribution is 2.55. The molecule has 15 heteroatoms. The van der Waals surface area contributed by atoms with Crippen LogP contribution in [0.1, 0.15) is 22.1 Å². The number of alkyl halides is 1. The Balaban J connectivity index is 1.53. The van der Waals surface area contributed by atoms with E-state index in [2.05, 4.69) is 4.98 Å². The highest BCUT2D eigenvalue weighted by atomic mass is 32.1. The van der Waals surface area contributed by atoms with E-state index in [1.54, 1.807) is 0 Å². The Morgan fingerprint density at radius 3 is 2.91 bits per heavy atom. The Labute approximate surface area is 182 Å². The van der Waals surface area contributed by atoms with Crippen molar-refractivity contribution in [3.05, 3.63) is 56.5 Å². The third-order valence-electron chi connectivity index (χ3n) is 4.80. The number of ether oxygens (including phenoxy) is 1. The van der Waals surface area contributed by atoms with E-state index in [1.165, 1.54) is 6.07 Å². The Hall–Kier alpha value is -2.32. The zero-order valence-electron chi connectivity index (χ0n) is 15.8. The molecule has 2 aliphatic heterocycles. The molecule has 3 heterocycles. The van der Waals surface area contributed by atoms with Gasteiger partial charge in [0.25, 0.3) is 5.85 Å². The lowest BCUT2D eigenvalue weighted by Gasteiger charge is -2.28. The molecule has 1 fully saturated rings. The maximum Gasteiger partial charge on any atom is 0.530 e. The summed E-state index contributed by atoms with van der Waals surface area (Å²) >= 11 is 4.81. The maximum absolute atomic E-state index is 15.3. The number of aromatic nitrogens is 2. The second-order valence-corrected chi connectivity index (χ2v) is 8.94. The number of hydrogen-bond acceptors (Lipinski definition) is 10. The van der Waals surface area contributed by atoms with Gasteiger partial charge in [0.05, 0.1) is 12.2 Å². The fourth-order valence-electron chi connectivity index (χ4n) is 3.14. The molecule has 0 spiro atoms. The summed E-state index contributed by atoms with van der Waals surface area (Å²) in [5.41, 5.74) is -0.854. The van der Waals surface area contributed by atoms with Gasteiger partial charge < -0.3 is 19.5 Å². The molecule has 1 aromatic heterocycles. The van der Waals surface area contributed by atoms with Gasteiger partial charge in [0, 0.05) is 11.8 Å². The van der Waals surface area contributed by atoms with Crippen LogP contribution in [0.25, 0.3) is 0 Å². The van der Waals surface area contributed by atoms with Gasteiger partial charge in [-0.15, -0.1) is 0 Å². The molecule has 3 N–H and O–H groups in total. The number of halogens is 2. The van der Waals surface area contributed by atoms with Crippen molar-refractivity contribution in [2.24, 2.45) is 0 Å². The van der Waals surface area contributed by atoms with Crippen molar-refractivity contribution in [3.8, 4) is 5.75 Å². The predicted octanol–water partition coefficient (Wildman–Crippen LogP) is 1.51. The number of aromatic amines is 1. The normalized spacial score (nSPS) is 31.7. The number of benzene rings is 1. The standard InChI is InChI=1S/C17H15F2N2O9PS/c18-10-1-2-11-8(3-10)6-27-31(26,30-11)28-7-17(19)13(24)12(23)15(29-17)21-4-9(5-22)14(32)20-16(21)25/h1-5,12-13,15,23-24H,6-7H2,(H,20,25,32)/t12-,13+,15-,17-,31?/m1/s1. The van der Waals surface area contributed by atoms with Gasteiger partial charge in [0.15, 0.2) is 12.5 Å². The van der Waals surface area contributed by atoms with E-state index in [9.17, 15) is 28.8 Å². The fourth-order valence-corrected chi connectivity index (χ4v) is 4.56. The first-order valence-electron chi connectivity index (χ1n) is 8.96. The topological polar surface area (TPSA) is 149 Å². The van der Waals surface area contributed by atoms with Gasteiger partial charge in [-0.05, 0) is 18.2 Å². The number of phosphoric acid groups is 1. The highest BCUT2D eigenvalue weighted by molar-refractivity contribution is 7.71. The van der Waals surface area contributed by atoms with Crippen LogP contribution in [0.4, 0.5) is 8.78 Å². The maximum atomic E-state index is 15.3.